The first kappa shape index (κ1) is 28.3. The molecule has 8 heteroatoms. The van der Waals surface area contributed by atoms with Gasteiger partial charge in [0, 0.05) is 44.3 Å². The number of carbonyl (C=O) groups is 1. The van der Waals surface area contributed by atoms with E-state index >= 15 is 0 Å². The lowest BCUT2D eigenvalue weighted by molar-refractivity contribution is -0.385. The van der Waals surface area contributed by atoms with Gasteiger partial charge in [0.1, 0.15) is 24.7 Å². The molecule has 0 spiro atoms. The second-order valence-corrected chi connectivity index (χ2v) is 9.35. The molecule has 206 valence electrons. The minimum Gasteiger partial charge on any atom is -0.489 e. The third-order valence-corrected chi connectivity index (χ3v) is 6.53. The molecule has 0 unspecified atom stereocenters. The number of nitro groups is 1. The van der Waals surface area contributed by atoms with Crippen LogP contribution in [-0.2, 0) is 24.6 Å². The minimum atomic E-state index is -0.408. The quantitative estimate of drug-likeness (QED) is 0.124. The van der Waals surface area contributed by atoms with E-state index in [4.69, 9.17) is 9.47 Å². The van der Waals surface area contributed by atoms with Crippen molar-refractivity contribution in [3.8, 4) is 22.6 Å². The molecule has 0 fully saturated rings. The Morgan fingerprint density at radius 3 is 2.33 bits per heavy atom. The van der Waals surface area contributed by atoms with Crippen molar-refractivity contribution in [2.75, 3.05) is 13.1 Å². The fourth-order valence-electron chi connectivity index (χ4n) is 4.35. The lowest BCUT2D eigenvalue weighted by Crippen LogP contribution is -2.30. The van der Waals surface area contributed by atoms with Crippen LogP contribution in [0, 0.1) is 17.0 Å². The van der Waals surface area contributed by atoms with E-state index in [1.54, 1.807) is 18.2 Å². The van der Waals surface area contributed by atoms with Gasteiger partial charge in [-0.3, -0.25) is 14.9 Å². The Morgan fingerprint density at radius 1 is 0.825 bits per heavy atom. The molecule has 0 saturated heterocycles. The molecular weight excluding hydrogens is 506 g/mol. The lowest BCUT2D eigenvalue weighted by atomic mass is 9.97. The number of benzene rings is 4. The minimum absolute atomic E-state index is 0.0126. The molecule has 40 heavy (non-hydrogen) atoms. The molecule has 0 radical (unpaired) electrons. The number of para-hydroxylation sites is 1. The van der Waals surface area contributed by atoms with Crippen LogP contribution >= 0.6 is 0 Å². The molecule has 1 amide bonds. The number of ether oxygens (including phenoxy) is 2. The summed E-state index contributed by atoms with van der Waals surface area (Å²) in [6.07, 6.45) is 0. The second-order valence-electron chi connectivity index (χ2n) is 9.35. The highest BCUT2D eigenvalue weighted by Gasteiger charge is 2.15. The summed E-state index contributed by atoms with van der Waals surface area (Å²) in [5.74, 6) is 1.11. The first-order valence-corrected chi connectivity index (χ1v) is 13.1. The van der Waals surface area contributed by atoms with Gasteiger partial charge in [0.05, 0.1) is 10.5 Å². The van der Waals surface area contributed by atoms with Gasteiger partial charge < -0.3 is 20.1 Å². The predicted octanol–water partition coefficient (Wildman–Crippen LogP) is 5.95. The van der Waals surface area contributed by atoms with Crippen molar-refractivity contribution in [3.63, 3.8) is 0 Å². The van der Waals surface area contributed by atoms with Crippen LogP contribution in [0.1, 0.15) is 29.2 Å². The van der Waals surface area contributed by atoms with Gasteiger partial charge in [-0.25, -0.2) is 0 Å². The third kappa shape index (κ3) is 7.68. The molecule has 0 aromatic heterocycles. The summed E-state index contributed by atoms with van der Waals surface area (Å²) in [5, 5.41) is 17.5. The zero-order valence-corrected chi connectivity index (χ0v) is 22.7. The van der Waals surface area contributed by atoms with E-state index in [0.29, 0.717) is 43.3 Å². The number of nitrogens with one attached hydrogen (secondary N) is 2. The van der Waals surface area contributed by atoms with E-state index in [1.165, 1.54) is 13.0 Å². The Kier molecular flexibility index (Phi) is 9.85. The van der Waals surface area contributed by atoms with Crippen LogP contribution in [-0.4, -0.2) is 23.9 Å². The van der Waals surface area contributed by atoms with Gasteiger partial charge in [-0.05, 0) is 41.3 Å². The maximum Gasteiger partial charge on any atom is 0.276 e. The first-order valence-electron chi connectivity index (χ1n) is 13.1. The van der Waals surface area contributed by atoms with Crippen LogP contribution in [0.25, 0.3) is 11.1 Å². The van der Waals surface area contributed by atoms with Gasteiger partial charge >= 0.3 is 0 Å². The van der Waals surface area contributed by atoms with Crippen molar-refractivity contribution in [3.05, 3.63) is 123 Å². The van der Waals surface area contributed by atoms with Crippen LogP contribution < -0.4 is 20.1 Å². The molecule has 4 aromatic rings. The van der Waals surface area contributed by atoms with Crippen LogP contribution in [0.3, 0.4) is 0 Å². The van der Waals surface area contributed by atoms with Crippen LogP contribution in [0.5, 0.6) is 11.5 Å². The predicted molar refractivity (Wildman–Crippen MR) is 155 cm³/mol. The number of hydrogen-bond acceptors (Lipinski definition) is 6. The molecule has 2 N–H and O–H groups in total. The SMILES string of the molecule is CC(=O)NCCNCc1ccc(OCc2cccc(-c3ccccc3)c2C)cc1OCc1ccccc1[N+](=O)[O-]. The molecule has 0 atom stereocenters. The van der Waals surface area contributed by atoms with Crippen molar-refractivity contribution >= 4 is 11.6 Å². The fourth-order valence-corrected chi connectivity index (χ4v) is 4.35. The first-order chi connectivity index (χ1) is 19.4. The van der Waals surface area contributed by atoms with Crippen LogP contribution in [0.2, 0.25) is 0 Å². The van der Waals surface area contributed by atoms with Gasteiger partial charge in [-0.15, -0.1) is 0 Å². The smallest absolute Gasteiger partial charge is 0.276 e. The Labute approximate surface area is 234 Å². The summed E-state index contributed by atoms with van der Waals surface area (Å²) in [4.78, 5) is 22.2. The van der Waals surface area contributed by atoms with Gasteiger partial charge in [-0.1, -0.05) is 66.7 Å². The molecule has 4 rings (SSSR count). The van der Waals surface area contributed by atoms with Gasteiger partial charge in [0.15, 0.2) is 0 Å². The Morgan fingerprint density at radius 2 is 1.55 bits per heavy atom. The van der Waals surface area contributed by atoms with E-state index in [2.05, 4.69) is 41.8 Å². The Balaban J connectivity index is 1.50. The number of nitro benzene ring substituents is 1. The highest BCUT2D eigenvalue weighted by atomic mass is 16.6. The summed E-state index contributed by atoms with van der Waals surface area (Å²) in [6, 6.07) is 28.6. The van der Waals surface area contributed by atoms with Crippen LogP contribution in [0.15, 0.2) is 91.0 Å². The largest absolute Gasteiger partial charge is 0.489 e. The number of hydrogen-bond donors (Lipinski definition) is 2. The van der Waals surface area contributed by atoms with Crippen molar-refractivity contribution < 1.29 is 19.2 Å². The van der Waals surface area contributed by atoms with Gasteiger partial charge in [0.2, 0.25) is 5.91 Å². The standard InChI is InChI=1S/C32H33N3O5/c1-23-27(12-8-13-30(23)25-9-4-3-5-10-25)21-39-29-16-15-26(20-33-17-18-34-24(2)36)32(19-29)40-22-28-11-6-7-14-31(28)35(37)38/h3-16,19,33H,17-18,20-22H2,1-2H3,(H,34,36). The Bertz CT molecular complexity index is 1460. The monoisotopic (exact) mass is 539 g/mol. The maximum atomic E-state index is 11.5. The lowest BCUT2D eigenvalue weighted by Gasteiger charge is -2.16. The zero-order valence-electron chi connectivity index (χ0n) is 22.7. The average Bonchev–Trinajstić information content (AvgIpc) is 2.96. The fraction of sp³-hybridized carbons (Fsp3) is 0.219. The highest BCUT2D eigenvalue weighted by Crippen LogP contribution is 2.30. The molecule has 0 saturated carbocycles. The molecule has 0 bridgehead atoms. The number of amides is 1. The van der Waals surface area contributed by atoms with Gasteiger partial charge in [0.25, 0.3) is 5.69 Å². The van der Waals surface area contributed by atoms with Gasteiger partial charge in [-0.2, -0.15) is 0 Å². The average molecular weight is 540 g/mol. The summed E-state index contributed by atoms with van der Waals surface area (Å²) in [7, 11) is 0. The van der Waals surface area contributed by atoms with Crippen molar-refractivity contribution in [1.82, 2.24) is 10.6 Å². The van der Waals surface area contributed by atoms with E-state index in [9.17, 15) is 14.9 Å². The Hall–Kier alpha value is -4.69. The molecule has 0 aliphatic heterocycles. The normalized spacial score (nSPS) is 10.7. The number of nitrogens with zero attached hydrogens (tertiary/aromatic N) is 1. The van der Waals surface area contributed by atoms with Crippen LogP contribution in [0.4, 0.5) is 5.69 Å². The van der Waals surface area contributed by atoms with Crippen molar-refractivity contribution in [2.24, 2.45) is 0 Å². The highest BCUT2D eigenvalue weighted by molar-refractivity contribution is 5.72. The summed E-state index contributed by atoms with van der Waals surface area (Å²) in [6.45, 7) is 5.57. The van der Waals surface area contributed by atoms with E-state index < -0.39 is 4.92 Å². The molecule has 0 aliphatic rings. The molecular formula is C32H33N3O5. The molecule has 0 heterocycles. The molecule has 8 nitrogen and oxygen atoms in total. The third-order valence-electron chi connectivity index (χ3n) is 6.53. The van der Waals surface area contributed by atoms with E-state index in [0.717, 1.165) is 27.8 Å². The summed E-state index contributed by atoms with van der Waals surface area (Å²) >= 11 is 0. The van der Waals surface area contributed by atoms with E-state index in [-0.39, 0.29) is 18.2 Å². The van der Waals surface area contributed by atoms with Crippen molar-refractivity contribution in [2.45, 2.75) is 33.6 Å². The zero-order chi connectivity index (χ0) is 28.3. The topological polar surface area (TPSA) is 103 Å². The molecule has 0 aliphatic carbocycles. The maximum absolute atomic E-state index is 11.5. The number of carbonyl (C=O) groups excluding carboxylic acids is 1. The summed E-state index contributed by atoms with van der Waals surface area (Å²) < 4.78 is 12.3. The van der Waals surface area contributed by atoms with Crippen molar-refractivity contribution in [1.29, 1.82) is 0 Å². The number of rotatable bonds is 13. The van der Waals surface area contributed by atoms with E-state index in [1.807, 2.05) is 42.5 Å². The summed E-state index contributed by atoms with van der Waals surface area (Å²) in [5.41, 5.74) is 5.92. The molecule has 4 aromatic carbocycles. The second kappa shape index (κ2) is 13.9.